The molecule has 6 heteroatoms. The van der Waals surface area contributed by atoms with E-state index in [9.17, 15) is 13.2 Å². The van der Waals surface area contributed by atoms with Gasteiger partial charge in [-0.3, -0.25) is 0 Å². The number of nitrogens with zero attached hydrogens (tertiary/aromatic N) is 2. The average Bonchev–Trinajstić information content (AvgIpc) is 2.77. The average molecular weight is 256 g/mol. The van der Waals surface area contributed by atoms with Crippen LogP contribution in [0.5, 0.6) is 0 Å². The molecule has 0 radical (unpaired) electrons. The van der Waals surface area contributed by atoms with Gasteiger partial charge in [0, 0.05) is 12.8 Å². The molecule has 1 heterocycles. The van der Waals surface area contributed by atoms with Gasteiger partial charge in [-0.1, -0.05) is 12.1 Å². The quantitative estimate of drug-likeness (QED) is 0.915. The maximum absolute atomic E-state index is 12.8. The van der Waals surface area contributed by atoms with Crippen molar-refractivity contribution < 1.29 is 18.3 Å². The van der Waals surface area contributed by atoms with Crippen LogP contribution in [0.3, 0.4) is 0 Å². The van der Waals surface area contributed by atoms with Crippen molar-refractivity contribution in [2.45, 2.75) is 12.6 Å². The summed E-state index contributed by atoms with van der Waals surface area (Å²) in [6.45, 7) is -0.0629. The molecule has 1 N–H and O–H groups in total. The highest BCUT2D eigenvalue weighted by Crippen LogP contribution is 2.33. The lowest BCUT2D eigenvalue weighted by atomic mass is 10.1. The highest BCUT2D eigenvalue weighted by molar-refractivity contribution is 5.42. The number of alkyl halides is 3. The fourth-order valence-corrected chi connectivity index (χ4v) is 1.66. The molecule has 0 saturated heterocycles. The summed E-state index contributed by atoms with van der Waals surface area (Å²) in [6, 6.07) is 5.24. The summed E-state index contributed by atoms with van der Waals surface area (Å²) in [5.74, 6) is 0. The Morgan fingerprint density at radius 3 is 2.61 bits per heavy atom. The van der Waals surface area contributed by atoms with Crippen LogP contribution in [0.25, 0.3) is 5.69 Å². The van der Waals surface area contributed by atoms with E-state index in [1.165, 1.54) is 35.3 Å². The third kappa shape index (κ3) is 2.53. The van der Waals surface area contributed by atoms with Gasteiger partial charge < -0.3 is 5.11 Å². The molecular weight excluding hydrogens is 245 g/mol. The molecule has 1 aromatic heterocycles. The molecule has 0 amide bonds. The number of benzene rings is 1. The summed E-state index contributed by atoms with van der Waals surface area (Å²) in [7, 11) is 0. The van der Waals surface area contributed by atoms with Gasteiger partial charge in [-0.25, -0.2) is 4.68 Å². The summed E-state index contributed by atoms with van der Waals surface area (Å²) in [6.07, 6.45) is -1.11. The molecule has 18 heavy (non-hydrogen) atoms. The van der Waals surface area contributed by atoms with Crippen molar-refractivity contribution in [1.82, 2.24) is 9.78 Å². The monoisotopic (exact) mass is 256 g/mol. The number of aliphatic hydroxyl groups excluding tert-OH is 1. The zero-order valence-corrected chi connectivity index (χ0v) is 9.35. The minimum atomic E-state index is -4.42. The first-order chi connectivity index (χ1) is 8.52. The fourth-order valence-electron chi connectivity index (χ4n) is 1.66. The van der Waals surface area contributed by atoms with Crippen LogP contribution in [-0.2, 0) is 12.6 Å². The molecule has 2 aromatic rings. The van der Waals surface area contributed by atoms with Crippen molar-refractivity contribution in [3.05, 3.63) is 47.8 Å². The van der Waals surface area contributed by atoms with Crippen molar-refractivity contribution in [2.75, 3.05) is 6.61 Å². The van der Waals surface area contributed by atoms with Crippen LogP contribution in [0.4, 0.5) is 13.2 Å². The first-order valence-electron chi connectivity index (χ1n) is 5.33. The molecule has 0 unspecified atom stereocenters. The first-order valence-corrected chi connectivity index (χ1v) is 5.33. The van der Waals surface area contributed by atoms with Crippen LogP contribution in [0.1, 0.15) is 11.1 Å². The highest BCUT2D eigenvalue weighted by Gasteiger charge is 2.33. The van der Waals surface area contributed by atoms with Gasteiger partial charge >= 0.3 is 6.18 Å². The summed E-state index contributed by atoms with van der Waals surface area (Å²) in [5, 5.41) is 12.7. The van der Waals surface area contributed by atoms with Gasteiger partial charge in [-0.05, 0) is 24.1 Å². The van der Waals surface area contributed by atoms with E-state index in [0.29, 0.717) is 12.0 Å². The number of hydrogen-bond donors (Lipinski definition) is 1. The number of hydrogen-bond acceptors (Lipinski definition) is 2. The van der Waals surface area contributed by atoms with Crippen molar-refractivity contribution in [3.8, 4) is 5.69 Å². The number of halogens is 3. The number of rotatable bonds is 3. The molecular formula is C12H11F3N2O. The Kier molecular flexibility index (Phi) is 3.38. The van der Waals surface area contributed by atoms with E-state index in [1.807, 2.05) is 0 Å². The van der Waals surface area contributed by atoms with E-state index in [1.54, 1.807) is 0 Å². The van der Waals surface area contributed by atoms with Gasteiger partial charge in [0.05, 0.1) is 17.4 Å². The predicted octanol–water partition coefficient (Wildman–Crippen LogP) is 2.43. The van der Waals surface area contributed by atoms with E-state index >= 15 is 0 Å². The van der Waals surface area contributed by atoms with E-state index < -0.39 is 11.7 Å². The highest BCUT2D eigenvalue weighted by atomic mass is 19.4. The lowest BCUT2D eigenvalue weighted by Crippen LogP contribution is -2.10. The molecule has 96 valence electrons. The van der Waals surface area contributed by atoms with Crippen molar-refractivity contribution >= 4 is 0 Å². The molecule has 0 saturated carbocycles. The second-order valence-corrected chi connectivity index (χ2v) is 3.78. The standard InChI is InChI=1S/C12H11F3N2O/c13-12(14,15)10-3-1-2-4-11(10)17-8-9(5-6-18)7-16-17/h1-4,7-8,18H,5-6H2. The molecule has 0 spiro atoms. The van der Waals surface area contributed by atoms with Gasteiger partial charge in [-0.15, -0.1) is 0 Å². The Morgan fingerprint density at radius 1 is 1.22 bits per heavy atom. The van der Waals surface area contributed by atoms with Gasteiger partial charge in [0.2, 0.25) is 0 Å². The maximum Gasteiger partial charge on any atom is 0.418 e. The van der Waals surface area contributed by atoms with Gasteiger partial charge in [0.25, 0.3) is 0 Å². The van der Waals surface area contributed by atoms with E-state index in [2.05, 4.69) is 5.10 Å². The molecule has 0 fully saturated rings. The van der Waals surface area contributed by atoms with Crippen LogP contribution >= 0.6 is 0 Å². The van der Waals surface area contributed by atoms with Crippen molar-refractivity contribution in [2.24, 2.45) is 0 Å². The van der Waals surface area contributed by atoms with Gasteiger partial charge in [0.15, 0.2) is 0 Å². The molecule has 1 aromatic carbocycles. The Bertz CT molecular complexity index is 534. The Morgan fingerprint density at radius 2 is 1.94 bits per heavy atom. The largest absolute Gasteiger partial charge is 0.418 e. The predicted molar refractivity (Wildman–Crippen MR) is 59.4 cm³/mol. The van der Waals surface area contributed by atoms with Crippen molar-refractivity contribution in [1.29, 1.82) is 0 Å². The Hall–Kier alpha value is -1.82. The first kappa shape index (κ1) is 12.6. The molecule has 0 aliphatic heterocycles. The minimum absolute atomic E-state index is 0.0193. The number of para-hydroxylation sites is 1. The van der Waals surface area contributed by atoms with Gasteiger partial charge in [0.1, 0.15) is 0 Å². The molecule has 0 aliphatic rings. The topological polar surface area (TPSA) is 38.1 Å². The van der Waals surface area contributed by atoms with Crippen molar-refractivity contribution in [3.63, 3.8) is 0 Å². The van der Waals surface area contributed by atoms with Crippen LogP contribution in [0.2, 0.25) is 0 Å². The molecule has 2 rings (SSSR count). The Balaban J connectivity index is 2.43. The van der Waals surface area contributed by atoms with Crippen LogP contribution < -0.4 is 0 Å². The third-order valence-corrected chi connectivity index (χ3v) is 2.49. The molecule has 0 atom stereocenters. The zero-order chi connectivity index (χ0) is 13.2. The molecule has 0 bridgehead atoms. The maximum atomic E-state index is 12.8. The SMILES string of the molecule is OCCc1cnn(-c2ccccc2C(F)(F)F)c1. The fraction of sp³-hybridized carbons (Fsp3) is 0.250. The Labute approximate surface area is 101 Å². The van der Waals surface area contributed by atoms with Gasteiger partial charge in [-0.2, -0.15) is 18.3 Å². The number of aromatic nitrogens is 2. The molecule has 3 nitrogen and oxygen atoms in total. The van der Waals surface area contributed by atoms with E-state index in [-0.39, 0.29) is 12.3 Å². The van der Waals surface area contributed by atoms with Crippen LogP contribution in [0.15, 0.2) is 36.7 Å². The number of aliphatic hydroxyl groups is 1. The normalized spacial score (nSPS) is 11.8. The minimum Gasteiger partial charge on any atom is -0.396 e. The second kappa shape index (κ2) is 4.81. The summed E-state index contributed by atoms with van der Waals surface area (Å²) >= 11 is 0. The zero-order valence-electron chi connectivity index (χ0n) is 9.35. The summed E-state index contributed by atoms with van der Waals surface area (Å²) in [4.78, 5) is 0. The third-order valence-electron chi connectivity index (χ3n) is 2.49. The summed E-state index contributed by atoms with van der Waals surface area (Å²) < 4.78 is 39.6. The smallest absolute Gasteiger partial charge is 0.396 e. The molecule has 0 aliphatic carbocycles. The lowest BCUT2D eigenvalue weighted by molar-refractivity contribution is -0.137. The summed E-state index contributed by atoms with van der Waals surface area (Å²) in [5.41, 5.74) is -0.0627. The lowest BCUT2D eigenvalue weighted by Gasteiger charge is -2.12. The van der Waals surface area contributed by atoms with Crippen LogP contribution in [-0.4, -0.2) is 21.5 Å². The van der Waals surface area contributed by atoms with Crippen LogP contribution in [0, 0.1) is 0 Å². The van der Waals surface area contributed by atoms with E-state index in [4.69, 9.17) is 5.11 Å². The second-order valence-electron chi connectivity index (χ2n) is 3.78. The van der Waals surface area contributed by atoms with E-state index in [0.717, 1.165) is 6.07 Å².